The van der Waals surface area contributed by atoms with Gasteiger partial charge in [-0.1, -0.05) is 0 Å². The Balaban J connectivity index is 2.93. The lowest BCUT2D eigenvalue weighted by Crippen LogP contribution is -2.04. The molecule has 1 aromatic heterocycles. The Labute approximate surface area is 70.0 Å². The number of carbonyl (C=O) groups is 1. The Morgan fingerprint density at radius 2 is 2.33 bits per heavy atom. The van der Waals surface area contributed by atoms with Crippen LogP contribution >= 0.6 is 0 Å². The minimum atomic E-state index is -0.896. The van der Waals surface area contributed by atoms with Crippen LogP contribution in [0.4, 0.5) is 5.82 Å². The topological polar surface area (TPSA) is 76.2 Å². The van der Waals surface area contributed by atoms with E-state index < -0.39 is 5.97 Å². The number of pyridine rings is 1. The van der Waals surface area contributed by atoms with Gasteiger partial charge in [0.15, 0.2) is 0 Å². The first kappa shape index (κ1) is 8.52. The van der Waals surface area contributed by atoms with E-state index >= 15 is 0 Å². The number of aromatic nitrogens is 1. The molecule has 0 amide bonds. The molecule has 64 valence electrons. The molecule has 0 bridgehead atoms. The fourth-order valence-corrected chi connectivity index (χ4v) is 1.01. The molecule has 12 heavy (non-hydrogen) atoms. The van der Waals surface area contributed by atoms with Gasteiger partial charge in [0.25, 0.3) is 0 Å². The lowest BCUT2D eigenvalue weighted by atomic mass is 10.2. The molecule has 0 atom stereocenters. The molecule has 4 nitrogen and oxygen atoms in total. The smallest absolute Gasteiger partial charge is 0.309 e. The van der Waals surface area contributed by atoms with Crippen LogP contribution < -0.4 is 5.73 Å². The summed E-state index contributed by atoms with van der Waals surface area (Å²) in [5.41, 5.74) is 6.86. The summed E-state index contributed by atoms with van der Waals surface area (Å²) in [6.45, 7) is 1.85. The summed E-state index contributed by atoms with van der Waals surface area (Å²) < 4.78 is 0. The molecule has 0 aliphatic heterocycles. The van der Waals surface area contributed by atoms with Crippen LogP contribution in [0.25, 0.3) is 0 Å². The van der Waals surface area contributed by atoms with Crippen molar-refractivity contribution in [1.82, 2.24) is 4.98 Å². The quantitative estimate of drug-likeness (QED) is 0.674. The summed E-state index contributed by atoms with van der Waals surface area (Å²) in [6.07, 6.45) is -0.0775. The van der Waals surface area contributed by atoms with Crippen LogP contribution in [0.15, 0.2) is 12.1 Å². The first-order valence-corrected chi connectivity index (χ1v) is 3.53. The van der Waals surface area contributed by atoms with Gasteiger partial charge in [-0.05, 0) is 24.6 Å². The number of hydrogen-bond donors (Lipinski definition) is 2. The Morgan fingerprint density at radius 1 is 1.67 bits per heavy atom. The Kier molecular flexibility index (Phi) is 2.28. The van der Waals surface area contributed by atoms with Crippen LogP contribution in [0.1, 0.15) is 11.3 Å². The molecule has 4 heteroatoms. The third-order valence-electron chi connectivity index (χ3n) is 1.37. The lowest BCUT2D eigenvalue weighted by molar-refractivity contribution is -0.136. The van der Waals surface area contributed by atoms with E-state index in [0.717, 1.165) is 5.56 Å². The molecule has 0 aromatic carbocycles. The molecule has 1 rings (SSSR count). The van der Waals surface area contributed by atoms with Crippen molar-refractivity contribution < 1.29 is 9.90 Å². The normalized spacial score (nSPS) is 9.75. The van der Waals surface area contributed by atoms with Gasteiger partial charge < -0.3 is 10.8 Å². The summed E-state index contributed by atoms with van der Waals surface area (Å²) in [7, 11) is 0. The second-order valence-electron chi connectivity index (χ2n) is 2.63. The predicted molar refractivity (Wildman–Crippen MR) is 44.7 cm³/mol. The minimum Gasteiger partial charge on any atom is -0.481 e. The number of carboxylic acid groups (broad SMARTS) is 1. The van der Waals surface area contributed by atoms with Crippen LogP contribution in [0.5, 0.6) is 0 Å². The Hall–Kier alpha value is -1.58. The molecule has 0 aliphatic rings. The van der Waals surface area contributed by atoms with E-state index in [4.69, 9.17) is 10.8 Å². The highest BCUT2D eigenvalue weighted by molar-refractivity contribution is 5.69. The SMILES string of the molecule is Cc1cc(N)nc(CC(=O)O)c1. The van der Waals surface area contributed by atoms with Gasteiger partial charge in [-0.3, -0.25) is 4.79 Å². The third-order valence-corrected chi connectivity index (χ3v) is 1.37. The van der Waals surface area contributed by atoms with Crippen LogP contribution in [0.2, 0.25) is 0 Å². The fourth-order valence-electron chi connectivity index (χ4n) is 1.01. The Bertz CT molecular complexity index is 290. The molecule has 1 aromatic rings. The van der Waals surface area contributed by atoms with Gasteiger partial charge in [0.2, 0.25) is 0 Å². The third kappa shape index (κ3) is 2.23. The standard InChI is InChI=1S/C8H10N2O2/c1-5-2-6(4-8(11)12)10-7(9)3-5/h2-3H,4H2,1H3,(H2,9,10)(H,11,12). The molecule has 0 saturated heterocycles. The highest BCUT2D eigenvalue weighted by Crippen LogP contribution is 2.06. The molecular weight excluding hydrogens is 156 g/mol. The maximum atomic E-state index is 10.3. The number of hydrogen-bond acceptors (Lipinski definition) is 3. The summed E-state index contributed by atoms with van der Waals surface area (Å²) >= 11 is 0. The summed E-state index contributed by atoms with van der Waals surface area (Å²) in [5.74, 6) is -0.529. The Morgan fingerprint density at radius 3 is 2.83 bits per heavy atom. The number of anilines is 1. The molecule has 3 N–H and O–H groups in total. The molecule has 0 fully saturated rings. The second kappa shape index (κ2) is 3.21. The van der Waals surface area contributed by atoms with Crippen molar-refractivity contribution in [3.05, 3.63) is 23.4 Å². The predicted octanol–water partition coefficient (Wildman–Crippen LogP) is 0.599. The molecule has 0 saturated carbocycles. The maximum Gasteiger partial charge on any atom is 0.309 e. The number of carboxylic acids is 1. The molecular formula is C8H10N2O2. The van der Waals surface area contributed by atoms with E-state index in [9.17, 15) is 4.79 Å². The van der Waals surface area contributed by atoms with Gasteiger partial charge in [0.1, 0.15) is 5.82 Å². The van der Waals surface area contributed by atoms with Crippen LogP contribution in [0, 0.1) is 6.92 Å². The number of nitrogens with zero attached hydrogens (tertiary/aromatic N) is 1. The lowest BCUT2D eigenvalue weighted by Gasteiger charge is -2.00. The maximum absolute atomic E-state index is 10.3. The molecule has 0 spiro atoms. The number of aliphatic carboxylic acids is 1. The first-order chi connectivity index (χ1) is 5.58. The average Bonchev–Trinajstić information content (AvgIpc) is 1.81. The number of nitrogens with two attached hydrogens (primary N) is 1. The van der Waals surface area contributed by atoms with Gasteiger partial charge in [-0.15, -0.1) is 0 Å². The van der Waals surface area contributed by atoms with Gasteiger partial charge in [-0.25, -0.2) is 4.98 Å². The van der Waals surface area contributed by atoms with Crippen molar-refractivity contribution in [3.8, 4) is 0 Å². The first-order valence-electron chi connectivity index (χ1n) is 3.53. The van der Waals surface area contributed by atoms with E-state index in [0.29, 0.717) is 11.5 Å². The van der Waals surface area contributed by atoms with Crippen molar-refractivity contribution in [3.63, 3.8) is 0 Å². The van der Waals surface area contributed by atoms with Crippen molar-refractivity contribution in [1.29, 1.82) is 0 Å². The van der Waals surface area contributed by atoms with Gasteiger partial charge in [-0.2, -0.15) is 0 Å². The van der Waals surface area contributed by atoms with Crippen molar-refractivity contribution in [2.75, 3.05) is 5.73 Å². The van der Waals surface area contributed by atoms with E-state index in [-0.39, 0.29) is 6.42 Å². The highest BCUT2D eigenvalue weighted by atomic mass is 16.4. The van der Waals surface area contributed by atoms with Crippen molar-refractivity contribution in [2.45, 2.75) is 13.3 Å². The van der Waals surface area contributed by atoms with Gasteiger partial charge >= 0.3 is 5.97 Å². The van der Waals surface area contributed by atoms with Crippen LogP contribution in [-0.2, 0) is 11.2 Å². The zero-order chi connectivity index (χ0) is 9.14. The van der Waals surface area contributed by atoms with E-state index in [2.05, 4.69) is 4.98 Å². The van der Waals surface area contributed by atoms with Crippen molar-refractivity contribution in [2.24, 2.45) is 0 Å². The van der Waals surface area contributed by atoms with E-state index in [1.165, 1.54) is 0 Å². The van der Waals surface area contributed by atoms with E-state index in [1.54, 1.807) is 12.1 Å². The van der Waals surface area contributed by atoms with E-state index in [1.807, 2.05) is 6.92 Å². The zero-order valence-corrected chi connectivity index (χ0v) is 6.74. The molecule has 0 unspecified atom stereocenters. The molecule has 0 radical (unpaired) electrons. The molecule has 0 aliphatic carbocycles. The summed E-state index contributed by atoms with van der Waals surface area (Å²) in [4.78, 5) is 14.2. The average molecular weight is 166 g/mol. The largest absolute Gasteiger partial charge is 0.481 e. The monoisotopic (exact) mass is 166 g/mol. The fraction of sp³-hybridized carbons (Fsp3) is 0.250. The van der Waals surface area contributed by atoms with Crippen LogP contribution in [-0.4, -0.2) is 16.1 Å². The highest BCUT2D eigenvalue weighted by Gasteiger charge is 2.02. The summed E-state index contributed by atoms with van der Waals surface area (Å²) in [6, 6.07) is 3.41. The number of nitrogen functional groups attached to an aromatic ring is 1. The zero-order valence-electron chi connectivity index (χ0n) is 6.74. The number of aryl methyl sites for hydroxylation is 1. The number of rotatable bonds is 2. The molecule has 1 heterocycles. The van der Waals surface area contributed by atoms with Crippen LogP contribution in [0.3, 0.4) is 0 Å². The van der Waals surface area contributed by atoms with Crippen molar-refractivity contribution >= 4 is 11.8 Å². The second-order valence-corrected chi connectivity index (χ2v) is 2.63. The van der Waals surface area contributed by atoms with Gasteiger partial charge in [0, 0.05) is 0 Å². The summed E-state index contributed by atoms with van der Waals surface area (Å²) in [5, 5.41) is 8.47. The van der Waals surface area contributed by atoms with Gasteiger partial charge in [0.05, 0.1) is 12.1 Å². The minimum absolute atomic E-state index is 0.0775.